The van der Waals surface area contributed by atoms with E-state index >= 15 is 0 Å². The van der Waals surface area contributed by atoms with E-state index in [1.54, 1.807) is 0 Å². The molecule has 0 atom stereocenters. The van der Waals surface area contributed by atoms with Crippen molar-refractivity contribution in [1.29, 1.82) is 0 Å². The van der Waals surface area contributed by atoms with E-state index in [0.29, 0.717) is 19.5 Å². The second kappa shape index (κ2) is 11.1. The Morgan fingerprint density at radius 2 is 1.54 bits per heavy atom. The lowest BCUT2D eigenvalue weighted by atomic mass is 10.1. The summed E-state index contributed by atoms with van der Waals surface area (Å²) in [5.41, 5.74) is 4.91. The zero-order valence-electron chi connectivity index (χ0n) is 22.2. The highest BCUT2D eigenvalue weighted by Crippen LogP contribution is 2.27. The number of hydrogen-bond donors (Lipinski definition) is 0. The lowest BCUT2D eigenvalue weighted by molar-refractivity contribution is 0.0767. The van der Waals surface area contributed by atoms with Crippen molar-refractivity contribution in [3.8, 4) is 5.69 Å². The van der Waals surface area contributed by atoms with Gasteiger partial charge in [0.15, 0.2) is 5.65 Å². The molecule has 0 aliphatic carbocycles. The number of benzene rings is 3. The average molecular weight is 517 g/mol. The van der Waals surface area contributed by atoms with Gasteiger partial charge in [-0.05, 0) is 48.2 Å². The van der Waals surface area contributed by atoms with Crippen LogP contribution >= 0.6 is 0 Å². The van der Waals surface area contributed by atoms with Crippen molar-refractivity contribution in [3.05, 3.63) is 114 Å². The smallest absolute Gasteiger partial charge is 0.253 e. The summed E-state index contributed by atoms with van der Waals surface area (Å²) in [6.45, 7) is 5.00. The molecule has 0 N–H and O–H groups in total. The normalized spacial score (nSPS) is 14.0. The molecule has 1 aliphatic heterocycles. The summed E-state index contributed by atoms with van der Waals surface area (Å²) in [4.78, 5) is 27.6. The minimum absolute atomic E-state index is 0.0917. The lowest BCUT2D eigenvalue weighted by Crippen LogP contribution is -2.35. The van der Waals surface area contributed by atoms with Crippen LogP contribution in [0.25, 0.3) is 16.7 Å². The number of carbonyl (C=O) groups is 1. The highest BCUT2D eigenvalue weighted by Gasteiger charge is 2.24. The third-order valence-corrected chi connectivity index (χ3v) is 7.35. The molecule has 1 amide bonds. The number of aromatic nitrogens is 4. The molecule has 3 aromatic carbocycles. The third-order valence-electron chi connectivity index (χ3n) is 7.35. The van der Waals surface area contributed by atoms with E-state index in [2.05, 4.69) is 24.0 Å². The van der Waals surface area contributed by atoms with E-state index in [0.717, 1.165) is 65.4 Å². The molecule has 0 bridgehead atoms. The van der Waals surface area contributed by atoms with E-state index in [1.165, 1.54) is 5.56 Å². The number of amides is 1. The molecule has 196 valence electrons. The molecule has 0 radical (unpaired) electrons. The zero-order chi connectivity index (χ0) is 26.6. The summed E-state index contributed by atoms with van der Waals surface area (Å²) in [6, 6.07) is 28.4. The van der Waals surface area contributed by atoms with Crippen molar-refractivity contribution in [2.75, 3.05) is 31.1 Å². The maximum atomic E-state index is 13.3. The number of para-hydroxylation sites is 1. The summed E-state index contributed by atoms with van der Waals surface area (Å²) in [5.74, 6) is 1.73. The molecule has 7 heteroatoms. The van der Waals surface area contributed by atoms with Crippen LogP contribution in [0.15, 0.2) is 91.1 Å². The molecule has 1 aliphatic rings. The van der Waals surface area contributed by atoms with E-state index in [9.17, 15) is 4.79 Å². The zero-order valence-corrected chi connectivity index (χ0v) is 22.2. The van der Waals surface area contributed by atoms with Crippen molar-refractivity contribution in [2.45, 2.75) is 26.2 Å². The van der Waals surface area contributed by atoms with Crippen LogP contribution < -0.4 is 4.90 Å². The van der Waals surface area contributed by atoms with Gasteiger partial charge in [0.25, 0.3) is 5.91 Å². The quantitative estimate of drug-likeness (QED) is 0.306. The van der Waals surface area contributed by atoms with Crippen molar-refractivity contribution in [2.24, 2.45) is 0 Å². The summed E-state index contributed by atoms with van der Waals surface area (Å²) >= 11 is 0. The predicted molar refractivity (Wildman–Crippen MR) is 154 cm³/mol. The Hall–Kier alpha value is -4.52. The summed E-state index contributed by atoms with van der Waals surface area (Å²) < 4.78 is 1.89. The lowest BCUT2D eigenvalue weighted by Gasteiger charge is -2.24. The van der Waals surface area contributed by atoms with Gasteiger partial charge < -0.3 is 9.80 Å². The number of hydrogen-bond acceptors (Lipinski definition) is 5. The molecule has 6 rings (SSSR count). The number of aryl methyl sites for hydroxylation is 1. The topological polar surface area (TPSA) is 67.2 Å². The van der Waals surface area contributed by atoms with Gasteiger partial charge in [0, 0.05) is 38.2 Å². The molecule has 1 saturated heterocycles. The fourth-order valence-electron chi connectivity index (χ4n) is 5.19. The first-order chi connectivity index (χ1) is 19.2. The average Bonchev–Trinajstić information content (AvgIpc) is 3.26. The summed E-state index contributed by atoms with van der Waals surface area (Å²) in [5, 5.41) is 5.63. The second-order valence-electron chi connectivity index (χ2n) is 9.94. The van der Waals surface area contributed by atoms with E-state index in [1.807, 2.05) is 88.6 Å². The van der Waals surface area contributed by atoms with Crippen molar-refractivity contribution >= 4 is 22.8 Å². The molecule has 5 aromatic rings. The number of rotatable bonds is 6. The van der Waals surface area contributed by atoms with Crippen molar-refractivity contribution in [3.63, 3.8) is 0 Å². The third kappa shape index (κ3) is 5.25. The Morgan fingerprint density at radius 3 is 2.28 bits per heavy atom. The number of fused-ring (bicyclic) bond motifs is 1. The van der Waals surface area contributed by atoms with Gasteiger partial charge in [-0.2, -0.15) is 5.10 Å². The second-order valence-corrected chi connectivity index (χ2v) is 9.94. The van der Waals surface area contributed by atoms with Gasteiger partial charge in [0.1, 0.15) is 11.6 Å². The predicted octanol–water partition coefficient (Wildman–Crippen LogP) is 5.32. The van der Waals surface area contributed by atoms with Gasteiger partial charge in [0.05, 0.1) is 17.3 Å². The molecule has 0 saturated carbocycles. The Balaban J connectivity index is 1.32. The van der Waals surface area contributed by atoms with Crippen LogP contribution in [0.1, 0.15) is 40.7 Å². The van der Waals surface area contributed by atoms with Gasteiger partial charge in [-0.15, -0.1) is 0 Å². The molecule has 0 unspecified atom stereocenters. The molecule has 7 nitrogen and oxygen atoms in total. The van der Waals surface area contributed by atoms with Crippen LogP contribution in [-0.2, 0) is 12.8 Å². The van der Waals surface area contributed by atoms with E-state index in [4.69, 9.17) is 15.1 Å². The number of carbonyl (C=O) groups excluding carboxylic acids is 1. The van der Waals surface area contributed by atoms with E-state index < -0.39 is 0 Å². The molecular weight excluding hydrogens is 484 g/mol. The monoisotopic (exact) mass is 516 g/mol. The van der Waals surface area contributed by atoms with Gasteiger partial charge in [-0.25, -0.2) is 14.6 Å². The first kappa shape index (κ1) is 24.8. The van der Waals surface area contributed by atoms with Crippen LogP contribution in [0.2, 0.25) is 0 Å². The largest absolute Gasteiger partial charge is 0.354 e. The number of anilines is 1. The van der Waals surface area contributed by atoms with Crippen molar-refractivity contribution < 1.29 is 4.79 Å². The van der Waals surface area contributed by atoms with E-state index in [-0.39, 0.29) is 5.91 Å². The Morgan fingerprint density at radius 1 is 0.795 bits per heavy atom. The molecule has 39 heavy (non-hydrogen) atoms. The molecule has 0 spiro atoms. The maximum absolute atomic E-state index is 13.3. The summed E-state index contributed by atoms with van der Waals surface area (Å²) in [7, 11) is 0. The fourth-order valence-corrected chi connectivity index (χ4v) is 5.19. The highest BCUT2D eigenvalue weighted by molar-refractivity contribution is 5.94. The Kier molecular flexibility index (Phi) is 7.04. The summed E-state index contributed by atoms with van der Waals surface area (Å²) in [6.07, 6.45) is 4.34. The maximum Gasteiger partial charge on any atom is 0.253 e. The fraction of sp³-hybridized carbons (Fsp3) is 0.250. The van der Waals surface area contributed by atoms with Gasteiger partial charge in [0.2, 0.25) is 0 Å². The Labute approximate surface area is 228 Å². The van der Waals surface area contributed by atoms with Crippen LogP contribution in [0, 0.1) is 0 Å². The highest BCUT2D eigenvalue weighted by atomic mass is 16.2. The van der Waals surface area contributed by atoms with Crippen LogP contribution in [0.3, 0.4) is 0 Å². The number of nitrogens with zero attached hydrogens (tertiary/aromatic N) is 6. The molecular formula is C32H32N6O. The molecule has 1 fully saturated rings. The van der Waals surface area contributed by atoms with Crippen LogP contribution in [0.5, 0.6) is 0 Å². The van der Waals surface area contributed by atoms with Crippen molar-refractivity contribution in [1.82, 2.24) is 24.6 Å². The minimum Gasteiger partial charge on any atom is -0.354 e. The molecule has 3 heterocycles. The molecule has 2 aromatic heterocycles. The minimum atomic E-state index is 0.0917. The first-order valence-corrected chi connectivity index (χ1v) is 13.7. The SMILES string of the molecule is CCc1ccc(C(=O)N2CCCN(c3nc(Cc4ccccc4)nc4c3cnn4-c3ccccc3)CC2)cc1. The van der Waals surface area contributed by atoms with Crippen LogP contribution in [-0.4, -0.2) is 56.7 Å². The van der Waals surface area contributed by atoms with Gasteiger partial charge >= 0.3 is 0 Å². The Bertz CT molecular complexity index is 1560. The van der Waals surface area contributed by atoms with Crippen LogP contribution in [0.4, 0.5) is 5.82 Å². The van der Waals surface area contributed by atoms with Gasteiger partial charge in [-0.1, -0.05) is 67.6 Å². The van der Waals surface area contributed by atoms with Gasteiger partial charge in [-0.3, -0.25) is 4.79 Å². The first-order valence-electron chi connectivity index (χ1n) is 13.7. The standard InChI is InChI=1S/C32H32N6O/c1-2-24-14-16-26(17-15-24)32(39)37-19-9-18-36(20-21-37)30-28-23-33-38(27-12-7-4-8-13-27)31(28)35-29(34-30)22-25-10-5-3-6-11-25/h3-8,10-17,23H,2,9,18-22H2,1H3.